The van der Waals surface area contributed by atoms with Gasteiger partial charge in [0.1, 0.15) is 6.10 Å². The predicted molar refractivity (Wildman–Crippen MR) is 60.7 cm³/mol. The van der Waals surface area contributed by atoms with Gasteiger partial charge in [-0.25, -0.2) is 0 Å². The average molecular weight is 213 g/mol. The molecule has 1 rings (SSSR count). The Balaban J connectivity index is 2.31. The number of esters is 1. The maximum atomic E-state index is 10.8. The lowest BCUT2D eigenvalue weighted by Gasteiger charge is -2.35. The Morgan fingerprint density at radius 2 is 1.73 bits per heavy atom. The molecule has 1 aliphatic carbocycles. The summed E-state index contributed by atoms with van der Waals surface area (Å²) in [5.41, 5.74) is 0. The van der Waals surface area contributed by atoms with E-state index < -0.39 is 0 Å². The molecule has 88 valence electrons. The van der Waals surface area contributed by atoms with Crippen LogP contribution in [0.5, 0.6) is 0 Å². The number of hydrogen-bond donors (Lipinski definition) is 0. The minimum atomic E-state index is -0.138. The first-order valence-corrected chi connectivity index (χ1v) is 6.08. The molecule has 1 saturated carbocycles. The van der Waals surface area contributed by atoms with Crippen LogP contribution in [0.2, 0.25) is 0 Å². The predicted octanol–water partition coefficient (Wildman–Crippen LogP) is 2.20. The molecular formula is C12H23NO2. The summed E-state index contributed by atoms with van der Waals surface area (Å²) in [6, 6.07) is 0.701. The van der Waals surface area contributed by atoms with Gasteiger partial charge in [-0.2, -0.15) is 0 Å². The van der Waals surface area contributed by atoms with Crippen LogP contribution >= 0.6 is 0 Å². The lowest BCUT2D eigenvalue weighted by atomic mass is 9.92. The molecule has 0 bridgehead atoms. The second-order valence-corrected chi connectivity index (χ2v) is 4.26. The molecule has 1 fully saturated rings. The van der Waals surface area contributed by atoms with Crippen LogP contribution in [-0.4, -0.2) is 36.1 Å². The van der Waals surface area contributed by atoms with E-state index in [9.17, 15) is 4.79 Å². The van der Waals surface area contributed by atoms with Crippen molar-refractivity contribution in [2.75, 3.05) is 13.1 Å². The molecule has 15 heavy (non-hydrogen) atoms. The summed E-state index contributed by atoms with van der Waals surface area (Å²) in [6.45, 7) is 8.17. The zero-order valence-electron chi connectivity index (χ0n) is 10.2. The van der Waals surface area contributed by atoms with Gasteiger partial charge in [-0.1, -0.05) is 13.8 Å². The van der Waals surface area contributed by atoms with E-state index in [0.717, 1.165) is 25.9 Å². The normalized spacial score (nSPS) is 26.7. The number of rotatable bonds is 4. The third-order valence-electron chi connectivity index (χ3n) is 3.31. The fraction of sp³-hybridized carbons (Fsp3) is 0.917. The van der Waals surface area contributed by atoms with Gasteiger partial charge in [0, 0.05) is 13.0 Å². The first kappa shape index (κ1) is 12.5. The first-order chi connectivity index (χ1) is 7.17. The highest BCUT2D eigenvalue weighted by Crippen LogP contribution is 2.24. The van der Waals surface area contributed by atoms with Crippen molar-refractivity contribution in [3.8, 4) is 0 Å². The largest absolute Gasteiger partial charge is 0.463 e. The van der Waals surface area contributed by atoms with E-state index in [4.69, 9.17) is 4.74 Å². The van der Waals surface area contributed by atoms with Crippen LogP contribution in [0, 0.1) is 0 Å². The van der Waals surface area contributed by atoms with Gasteiger partial charge in [0.05, 0.1) is 0 Å². The summed E-state index contributed by atoms with van der Waals surface area (Å²) in [5, 5.41) is 0. The molecule has 0 N–H and O–H groups in total. The standard InChI is InChI=1S/C12H23NO2/c1-4-13(5-2)11-6-8-12(9-7-11)15-10(3)14/h11-12H,4-9H2,1-3H3. The molecule has 0 radical (unpaired) electrons. The summed E-state index contributed by atoms with van der Waals surface area (Å²) in [6.07, 6.45) is 4.56. The molecular weight excluding hydrogens is 190 g/mol. The summed E-state index contributed by atoms with van der Waals surface area (Å²) < 4.78 is 5.23. The Hall–Kier alpha value is -0.570. The van der Waals surface area contributed by atoms with E-state index in [1.807, 2.05) is 0 Å². The van der Waals surface area contributed by atoms with Crippen LogP contribution in [0.1, 0.15) is 46.5 Å². The van der Waals surface area contributed by atoms with E-state index in [1.54, 1.807) is 0 Å². The van der Waals surface area contributed by atoms with E-state index in [2.05, 4.69) is 18.7 Å². The van der Waals surface area contributed by atoms with Gasteiger partial charge >= 0.3 is 5.97 Å². The lowest BCUT2D eigenvalue weighted by Crippen LogP contribution is -2.39. The maximum absolute atomic E-state index is 10.8. The van der Waals surface area contributed by atoms with Gasteiger partial charge in [0.25, 0.3) is 0 Å². The number of hydrogen-bond acceptors (Lipinski definition) is 3. The molecule has 3 nitrogen and oxygen atoms in total. The third kappa shape index (κ3) is 3.82. The summed E-state index contributed by atoms with van der Waals surface area (Å²) >= 11 is 0. The highest BCUT2D eigenvalue weighted by Gasteiger charge is 2.25. The molecule has 0 aliphatic heterocycles. The lowest BCUT2D eigenvalue weighted by molar-refractivity contribution is -0.148. The number of carbonyl (C=O) groups excluding carboxylic acids is 1. The van der Waals surface area contributed by atoms with Crippen molar-refractivity contribution in [3.05, 3.63) is 0 Å². The van der Waals surface area contributed by atoms with E-state index in [-0.39, 0.29) is 12.1 Å². The fourth-order valence-corrected chi connectivity index (χ4v) is 2.50. The van der Waals surface area contributed by atoms with Crippen LogP contribution in [-0.2, 0) is 9.53 Å². The molecule has 3 heteroatoms. The molecule has 0 saturated heterocycles. The van der Waals surface area contributed by atoms with Gasteiger partial charge in [-0.05, 0) is 38.8 Å². The molecule has 0 aromatic rings. The monoisotopic (exact) mass is 213 g/mol. The smallest absolute Gasteiger partial charge is 0.302 e. The number of carbonyl (C=O) groups is 1. The molecule has 0 unspecified atom stereocenters. The Kier molecular flexibility index (Phi) is 5.09. The van der Waals surface area contributed by atoms with Crippen molar-refractivity contribution in [1.29, 1.82) is 0 Å². The summed E-state index contributed by atoms with van der Waals surface area (Å²) in [4.78, 5) is 13.3. The third-order valence-corrected chi connectivity index (χ3v) is 3.31. The van der Waals surface area contributed by atoms with Gasteiger partial charge in [-0.15, -0.1) is 0 Å². The Labute approximate surface area is 92.8 Å². The average Bonchev–Trinajstić information content (AvgIpc) is 2.21. The Morgan fingerprint density at radius 3 is 2.13 bits per heavy atom. The van der Waals surface area contributed by atoms with Crippen molar-refractivity contribution < 1.29 is 9.53 Å². The fourth-order valence-electron chi connectivity index (χ4n) is 2.50. The van der Waals surface area contributed by atoms with Gasteiger partial charge in [0.15, 0.2) is 0 Å². The zero-order valence-corrected chi connectivity index (χ0v) is 10.2. The SMILES string of the molecule is CCN(CC)C1CCC(OC(C)=O)CC1. The molecule has 0 spiro atoms. The molecule has 0 aromatic heterocycles. The number of ether oxygens (including phenoxy) is 1. The Morgan fingerprint density at radius 1 is 1.20 bits per heavy atom. The van der Waals surface area contributed by atoms with Crippen molar-refractivity contribution >= 4 is 5.97 Å². The van der Waals surface area contributed by atoms with Crippen molar-refractivity contribution in [3.63, 3.8) is 0 Å². The summed E-state index contributed by atoms with van der Waals surface area (Å²) in [7, 11) is 0. The van der Waals surface area contributed by atoms with Crippen molar-refractivity contribution in [2.24, 2.45) is 0 Å². The molecule has 0 amide bonds. The van der Waals surface area contributed by atoms with Gasteiger partial charge in [0.2, 0.25) is 0 Å². The highest BCUT2D eigenvalue weighted by molar-refractivity contribution is 5.66. The van der Waals surface area contributed by atoms with Crippen molar-refractivity contribution in [1.82, 2.24) is 4.90 Å². The van der Waals surface area contributed by atoms with Crippen LogP contribution in [0.4, 0.5) is 0 Å². The molecule has 0 aromatic carbocycles. The van der Waals surface area contributed by atoms with Crippen LogP contribution in [0.15, 0.2) is 0 Å². The minimum Gasteiger partial charge on any atom is -0.463 e. The molecule has 0 heterocycles. The van der Waals surface area contributed by atoms with Crippen molar-refractivity contribution in [2.45, 2.75) is 58.6 Å². The van der Waals surface area contributed by atoms with E-state index in [1.165, 1.54) is 19.8 Å². The van der Waals surface area contributed by atoms with Gasteiger partial charge < -0.3 is 9.64 Å². The van der Waals surface area contributed by atoms with Crippen LogP contribution in [0.3, 0.4) is 0 Å². The quantitative estimate of drug-likeness (QED) is 0.670. The molecule has 0 atom stereocenters. The van der Waals surface area contributed by atoms with E-state index >= 15 is 0 Å². The second kappa shape index (κ2) is 6.11. The van der Waals surface area contributed by atoms with Crippen LogP contribution in [0.25, 0.3) is 0 Å². The molecule has 1 aliphatic rings. The van der Waals surface area contributed by atoms with Crippen LogP contribution < -0.4 is 0 Å². The second-order valence-electron chi connectivity index (χ2n) is 4.26. The van der Waals surface area contributed by atoms with E-state index in [0.29, 0.717) is 6.04 Å². The summed E-state index contributed by atoms with van der Waals surface area (Å²) in [5.74, 6) is -0.138. The Bertz CT molecular complexity index is 194. The first-order valence-electron chi connectivity index (χ1n) is 6.08. The highest BCUT2D eigenvalue weighted by atomic mass is 16.5. The zero-order chi connectivity index (χ0) is 11.3. The maximum Gasteiger partial charge on any atom is 0.302 e. The number of nitrogens with zero attached hydrogens (tertiary/aromatic N) is 1. The van der Waals surface area contributed by atoms with Gasteiger partial charge in [-0.3, -0.25) is 4.79 Å². The minimum absolute atomic E-state index is 0.138. The topological polar surface area (TPSA) is 29.5 Å².